The standard InChI is InChI=1S/C36H44N4/c37-17-5-1-3-7-19-39-21-25-9-13-29-31-15-11-27-23-40(20-8-4-2-6-18-38)24-28-12-16-32(36(31)34(27)28)30-14-10-26(22-39)33(25)35(29)30/h9-16H,1-8,17-24,37-38H2. The van der Waals surface area contributed by atoms with Gasteiger partial charge in [0.25, 0.3) is 0 Å². The molecule has 0 saturated carbocycles. The Kier molecular flexibility index (Phi) is 7.36. The fraction of sp³-hybridized carbons (Fsp3) is 0.444. The zero-order valence-corrected chi connectivity index (χ0v) is 24.0. The average Bonchev–Trinajstić information content (AvgIpc) is 2.98. The Morgan fingerprint density at radius 3 is 1.05 bits per heavy atom. The molecule has 208 valence electrons. The van der Waals surface area contributed by atoms with Crippen molar-refractivity contribution in [2.75, 3.05) is 26.2 Å². The number of rotatable bonds is 12. The molecule has 0 bridgehead atoms. The quantitative estimate of drug-likeness (QED) is 0.0998. The first-order valence-corrected chi connectivity index (χ1v) is 15.8. The van der Waals surface area contributed by atoms with Gasteiger partial charge in [-0.3, -0.25) is 9.80 Å². The van der Waals surface area contributed by atoms with Gasteiger partial charge in [0, 0.05) is 26.2 Å². The molecule has 5 aromatic carbocycles. The average molecular weight is 533 g/mol. The third-order valence-electron chi connectivity index (χ3n) is 9.68. The predicted molar refractivity (Wildman–Crippen MR) is 171 cm³/mol. The van der Waals surface area contributed by atoms with Crippen LogP contribution in [0.4, 0.5) is 0 Å². The summed E-state index contributed by atoms with van der Waals surface area (Å²) >= 11 is 0. The molecular weight excluding hydrogens is 488 g/mol. The van der Waals surface area contributed by atoms with E-state index in [0.717, 1.165) is 52.1 Å². The molecule has 0 amide bonds. The van der Waals surface area contributed by atoms with E-state index in [4.69, 9.17) is 11.5 Å². The van der Waals surface area contributed by atoms with E-state index >= 15 is 0 Å². The summed E-state index contributed by atoms with van der Waals surface area (Å²) in [4.78, 5) is 5.29. The molecule has 0 radical (unpaired) electrons. The molecule has 2 aliphatic rings. The lowest BCUT2D eigenvalue weighted by Gasteiger charge is -2.32. The van der Waals surface area contributed by atoms with Crippen LogP contribution >= 0.6 is 0 Å². The molecule has 0 aromatic heterocycles. The van der Waals surface area contributed by atoms with Crippen molar-refractivity contribution in [3.8, 4) is 0 Å². The van der Waals surface area contributed by atoms with E-state index in [1.54, 1.807) is 0 Å². The topological polar surface area (TPSA) is 58.5 Å². The summed E-state index contributed by atoms with van der Waals surface area (Å²) in [6.45, 7) is 8.23. The van der Waals surface area contributed by atoms with Crippen LogP contribution in [-0.2, 0) is 26.2 Å². The zero-order valence-electron chi connectivity index (χ0n) is 24.0. The summed E-state index contributed by atoms with van der Waals surface area (Å²) in [5.41, 5.74) is 17.4. The van der Waals surface area contributed by atoms with Crippen molar-refractivity contribution in [3.63, 3.8) is 0 Å². The van der Waals surface area contributed by atoms with Gasteiger partial charge in [-0.15, -0.1) is 0 Å². The third kappa shape index (κ3) is 4.55. The SMILES string of the molecule is NCCCCCCN1Cc2ccc3c4ccc5c6c(ccc(c7ccc(c2c37)C1)c64)CN(CCCCCCN)C5. The minimum absolute atomic E-state index is 0.817. The molecule has 0 aliphatic carbocycles. The van der Waals surface area contributed by atoms with Gasteiger partial charge in [-0.05, 0) is 117 Å². The van der Waals surface area contributed by atoms with Crippen molar-refractivity contribution in [3.05, 3.63) is 70.8 Å². The molecule has 0 atom stereocenters. The maximum Gasteiger partial charge on any atom is 0.0243 e. The van der Waals surface area contributed by atoms with Crippen LogP contribution in [0, 0.1) is 0 Å². The number of fused-ring (bicyclic) bond motifs is 2. The van der Waals surface area contributed by atoms with Gasteiger partial charge < -0.3 is 11.5 Å². The van der Waals surface area contributed by atoms with Crippen LogP contribution < -0.4 is 11.5 Å². The van der Waals surface area contributed by atoms with Crippen LogP contribution in [0.25, 0.3) is 43.1 Å². The highest BCUT2D eigenvalue weighted by Gasteiger charge is 2.25. The van der Waals surface area contributed by atoms with Crippen LogP contribution in [0.3, 0.4) is 0 Å². The van der Waals surface area contributed by atoms with E-state index in [1.165, 1.54) is 117 Å². The first-order chi connectivity index (χ1) is 19.8. The molecule has 40 heavy (non-hydrogen) atoms. The number of benzene rings is 5. The molecule has 2 heterocycles. The Morgan fingerprint density at radius 1 is 0.400 bits per heavy atom. The minimum Gasteiger partial charge on any atom is -0.330 e. The Balaban J connectivity index is 1.23. The Labute approximate surface area is 238 Å². The summed E-state index contributed by atoms with van der Waals surface area (Å²) in [7, 11) is 0. The Bertz CT molecular complexity index is 1430. The van der Waals surface area contributed by atoms with Gasteiger partial charge in [-0.1, -0.05) is 74.2 Å². The third-order valence-corrected chi connectivity index (χ3v) is 9.68. The molecule has 4 nitrogen and oxygen atoms in total. The maximum absolute atomic E-state index is 5.69. The highest BCUT2D eigenvalue weighted by molar-refractivity contribution is 6.34. The van der Waals surface area contributed by atoms with Gasteiger partial charge >= 0.3 is 0 Å². The molecule has 0 spiro atoms. The molecule has 4 heteroatoms. The van der Waals surface area contributed by atoms with Crippen molar-refractivity contribution >= 4 is 43.1 Å². The molecule has 0 fully saturated rings. The molecule has 7 rings (SSSR count). The number of unbranched alkanes of at least 4 members (excludes halogenated alkanes) is 6. The lowest BCUT2D eigenvalue weighted by atomic mass is 9.83. The predicted octanol–water partition coefficient (Wildman–Crippen LogP) is 7.41. The lowest BCUT2D eigenvalue weighted by molar-refractivity contribution is 0.246. The number of nitrogens with two attached hydrogens (primary N) is 2. The van der Waals surface area contributed by atoms with Crippen molar-refractivity contribution in [1.29, 1.82) is 0 Å². The van der Waals surface area contributed by atoms with Gasteiger partial charge in [0.05, 0.1) is 0 Å². The minimum atomic E-state index is 0.817. The summed E-state index contributed by atoms with van der Waals surface area (Å²) in [5, 5.41) is 11.8. The first-order valence-electron chi connectivity index (χ1n) is 15.8. The molecule has 0 unspecified atom stereocenters. The Morgan fingerprint density at radius 2 is 0.725 bits per heavy atom. The summed E-state index contributed by atoms with van der Waals surface area (Å²) in [5.74, 6) is 0. The van der Waals surface area contributed by atoms with Crippen molar-refractivity contribution in [2.24, 2.45) is 11.5 Å². The molecular formula is C36H44N4. The fourth-order valence-corrected chi connectivity index (χ4v) is 7.77. The van der Waals surface area contributed by atoms with Crippen molar-refractivity contribution in [2.45, 2.75) is 77.5 Å². The van der Waals surface area contributed by atoms with E-state index in [9.17, 15) is 0 Å². The highest BCUT2D eigenvalue weighted by atomic mass is 15.1. The molecule has 5 aromatic rings. The van der Waals surface area contributed by atoms with Crippen LogP contribution in [0.15, 0.2) is 48.5 Å². The van der Waals surface area contributed by atoms with E-state index in [1.807, 2.05) is 0 Å². The maximum atomic E-state index is 5.69. The number of hydrogen-bond acceptors (Lipinski definition) is 4. The second kappa shape index (κ2) is 11.3. The first kappa shape index (κ1) is 26.2. The number of hydrogen-bond donors (Lipinski definition) is 2. The molecule has 4 N–H and O–H groups in total. The van der Waals surface area contributed by atoms with Gasteiger partial charge in [-0.2, -0.15) is 0 Å². The van der Waals surface area contributed by atoms with E-state index < -0.39 is 0 Å². The second-order valence-corrected chi connectivity index (χ2v) is 12.4. The Hall–Kier alpha value is -2.76. The highest BCUT2D eigenvalue weighted by Crippen LogP contribution is 2.46. The van der Waals surface area contributed by atoms with Crippen molar-refractivity contribution in [1.82, 2.24) is 9.80 Å². The largest absolute Gasteiger partial charge is 0.330 e. The molecule has 2 aliphatic heterocycles. The van der Waals surface area contributed by atoms with Crippen LogP contribution in [0.1, 0.15) is 73.6 Å². The van der Waals surface area contributed by atoms with Crippen LogP contribution in [0.5, 0.6) is 0 Å². The van der Waals surface area contributed by atoms with Gasteiger partial charge in [0.2, 0.25) is 0 Å². The van der Waals surface area contributed by atoms with E-state index in [2.05, 4.69) is 58.3 Å². The van der Waals surface area contributed by atoms with Crippen LogP contribution in [-0.4, -0.2) is 36.0 Å². The van der Waals surface area contributed by atoms with Crippen molar-refractivity contribution < 1.29 is 0 Å². The second-order valence-electron chi connectivity index (χ2n) is 12.4. The van der Waals surface area contributed by atoms with Gasteiger partial charge in [0.15, 0.2) is 0 Å². The zero-order chi connectivity index (χ0) is 27.1. The lowest BCUT2D eigenvalue weighted by Crippen LogP contribution is -2.28. The summed E-state index contributed by atoms with van der Waals surface area (Å²) in [6.07, 6.45) is 9.91. The molecule has 0 saturated heterocycles. The van der Waals surface area contributed by atoms with E-state index in [0.29, 0.717) is 0 Å². The summed E-state index contributed by atoms with van der Waals surface area (Å²) < 4.78 is 0. The van der Waals surface area contributed by atoms with E-state index in [-0.39, 0.29) is 0 Å². The fourth-order valence-electron chi connectivity index (χ4n) is 7.77. The van der Waals surface area contributed by atoms with Crippen LogP contribution in [0.2, 0.25) is 0 Å². The normalized spacial score (nSPS) is 15.8. The number of nitrogens with zero attached hydrogens (tertiary/aromatic N) is 2. The van der Waals surface area contributed by atoms with Gasteiger partial charge in [0.1, 0.15) is 0 Å². The van der Waals surface area contributed by atoms with Gasteiger partial charge in [-0.25, -0.2) is 0 Å². The smallest absolute Gasteiger partial charge is 0.0243 e. The monoisotopic (exact) mass is 532 g/mol. The summed E-state index contributed by atoms with van der Waals surface area (Å²) in [6, 6.07) is 19.4.